The van der Waals surface area contributed by atoms with Crippen LogP contribution in [0.4, 0.5) is 10.2 Å². The second-order valence-electron chi connectivity index (χ2n) is 6.07. The van der Waals surface area contributed by atoms with Crippen molar-refractivity contribution in [2.45, 2.75) is 20.8 Å². The van der Waals surface area contributed by atoms with E-state index < -0.39 is 11.8 Å². The Morgan fingerprint density at radius 1 is 1.33 bits per heavy atom. The van der Waals surface area contributed by atoms with E-state index in [9.17, 15) is 9.18 Å². The number of hydrogen-bond donors (Lipinski definition) is 0. The first-order valence-corrected chi connectivity index (χ1v) is 7.22. The molecule has 0 N–H and O–H groups in total. The second-order valence-corrected chi connectivity index (χ2v) is 6.07. The highest BCUT2D eigenvalue weighted by Crippen LogP contribution is 2.20. The molecule has 0 fully saturated rings. The van der Waals surface area contributed by atoms with Crippen molar-refractivity contribution in [2.75, 3.05) is 7.11 Å². The summed E-state index contributed by atoms with van der Waals surface area (Å²) in [5.41, 5.74) is 0.0245. The fourth-order valence-corrected chi connectivity index (χ4v) is 1.63. The quantitative estimate of drug-likeness (QED) is 0.632. The SMILES string of the molecule is COc1cccc(C(=O)Oc2ncc(F)c(/N=C/C(C)(C)C)n2)c1. The summed E-state index contributed by atoms with van der Waals surface area (Å²) >= 11 is 0. The van der Waals surface area contributed by atoms with E-state index in [1.54, 1.807) is 24.4 Å². The number of rotatable bonds is 4. The molecule has 1 aromatic heterocycles. The van der Waals surface area contributed by atoms with Crippen LogP contribution in [0.3, 0.4) is 0 Å². The molecule has 0 aliphatic rings. The zero-order chi connectivity index (χ0) is 17.7. The number of hydrogen-bond acceptors (Lipinski definition) is 6. The first-order chi connectivity index (χ1) is 11.3. The van der Waals surface area contributed by atoms with Gasteiger partial charge in [0.2, 0.25) is 0 Å². The van der Waals surface area contributed by atoms with Crippen LogP contribution in [0.5, 0.6) is 11.8 Å². The molecule has 0 unspecified atom stereocenters. The van der Waals surface area contributed by atoms with E-state index in [1.165, 1.54) is 13.2 Å². The van der Waals surface area contributed by atoms with Gasteiger partial charge in [-0.05, 0) is 23.6 Å². The number of aromatic nitrogens is 2. The Hall–Kier alpha value is -2.83. The highest BCUT2D eigenvalue weighted by Gasteiger charge is 2.14. The molecular formula is C17H18FN3O3. The number of carbonyl (C=O) groups excluding carboxylic acids is 1. The van der Waals surface area contributed by atoms with Crippen molar-refractivity contribution in [3.63, 3.8) is 0 Å². The van der Waals surface area contributed by atoms with Crippen molar-refractivity contribution in [2.24, 2.45) is 10.4 Å². The normalized spacial score (nSPS) is 11.5. The van der Waals surface area contributed by atoms with Gasteiger partial charge >= 0.3 is 12.0 Å². The zero-order valence-electron chi connectivity index (χ0n) is 13.9. The van der Waals surface area contributed by atoms with E-state index in [1.807, 2.05) is 20.8 Å². The first-order valence-electron chi connectivity index (χ1n) is 7.22. The summed E-state index contributed by atoms with van der Waals surface area (Å²) in [6.07, 6.45) is 2.47. The molecule has 1 aromatic carbocycles. The van der Waals surface area contributed by atoms with Crippen LogP contribution in [0, 0.1) is 11.2 Å². The molecule has 6 nitrogen and oxygen atoms in total. The summed E-state index contributed by atoms with van der Waals surface area (Å²) in [6.45, 7) is 5.75. The van der Waals surface area contributed by atoms with Gasteiger partial charge in [-0.25, -0.2) is 19.2 Å². The van der Waals surface area contributed by atoms with Crippen LogP contribution in [0.2, 0.25) is 0 Å². The number of benzene rings is 1. The molecule has 1 heterocycles. The van der Waals surface area contributed by atoms with Gasteiger partial charge in [-0.15, -0.1) is 0 Å². The van der Waals surface area contributed by atoms with E-state index >= 15 is 0 Å². The molecule has 0 saturated carbocycles. The fraction of sp³-hybridized carbons (Fsp3) is 0.294. The Labute approximate surface area is 139 Å². The molecule has 0 spiro atoms. The Bertz CT molecular complexity index is 770. The zero-order valence-corrected chi connectivity index (χ0v) is 13.9. The van der Waals surface area contributed by atoms with Crippen molar-refractivity contribution in [1.29, 1.82) is 0 Å². The maximum Gasteiger partial charge on any atom is 0.346 e. The molecular weight excluding hydrogens is 313 g/mol. The lowest BCUT2D eigenvalue weighted by molar-refractivity contribution is 0.0719. The molecule has 0 atom stereocenters. The lowest BCUT2D eigenvalue weighted by atomic mass is 9.99. The van der Waals surface area contributed by atoms with Crippen LogP contribution >= 0.6 is 0 Å². The van der Waals surface area contributed by atoms with Crippen molar-refractivity contribution in [1.82, 2.24) is 9.97 Å². The standard InChI is InChI=1S/C17H18FN3O3/c1-17(2,3)10-20-14-13(18)9-19-16(21-14)24-15(22)11-6-5-7-12(8-11)23-4/h5-10H,1-4H3/b20-10+. The van der Waals surface area contributed by atoms with Gasteiger partial charge in [0.25, 0.3) is 0 Å². The third-order valence-corrected chi connectivity index (χ3v) is 2.77. The average Bonchev–Trinajstić information content (AvgIpc) is 2.54. The summed E-state index contributed by atoms with van der Waals surface area (Å²) in [7, 11) is 1.49. The summed E-state index contributed by atoms with van der Waals surface area (Å²) in [5, 5.41) is 0. The molecule has 24 heavy (non-hydrogen) atoms. The van der Waals surface area contributed by atoms with Gasteiger partial charge in [0, 0.05) is 6.21 Å². The van der Waals surface area contributed by atoms with Gasteiger partial charge in [0.15, 0.2) is 11.6 Å². The Balaban J connectivity index is 2.20. The van der Waals surface area contributed by atoms with Crippen LogP contribution in [0.15, 0.2) is 35.5 Å². The van der Waals surface area contributed by atoms with Crippen molar-refractivity contribution < 1.29 is 18.7 Å². The lowest BCUT2D eigenvalue weighted by Crippen LogP contribution is -2.11. The molecule has 126 valence electrons. The number of esters is 1. The third-order valence-electron chi connectivity index (χ3n) is 2.77. The minimum atomic E-state index is -0.698. The van der Waals surface area contributed by atoms with E-state index in [0.29, 0.717) is 5.75 Å². The van der Waals surface area contributed by atoms with Crippen LogP contribution in [-0.2, 0) is 0 Å². The van der Waals surface area contributed by atoms with E-state index in [4.69, 9.17) is 9.47 Å². The van der Waals surface area contributed by atoms with E-state index in [-0.39, 0.29) is 22.8 Å². The topological polar surface area (TPSA) is 73.7 Å². The Morgan fingerprint density at radius 3 is 2.75 bits per heavy atom. The van der Waals surface area contributed by atoms with Crippen LogP contribution in [0.1, 0.15) is 31.1 Å². The van der Waals surface area contributed by atoms with Crippen molar-refractivity contribution in [3.05, 3.63) is 41.8 Å². The fourth-order valence-electron chi connectivity index (χ4n) is 1.63. The van der Waals surface area contributed by atoms with Crippen LogP contribution < -0.4 is 9.47 Å². The van der Waals surface area contributed by atoms with Crippen LogP contribution in [0.25, 0.3) is 0 Å². The van der Waals surface area contributed by atoms with E-state index in [2.05, 4.69) is 15.0 Å². The first kappa shape index (κ1) is 17.5. The average molecular weight is 331 g/mol. The number of aliphatic imine (C=N–C) groups is 1. The molecule has 0 aliphatic heterocycles. The molecule has 0 bridgehead atoms. The molecule has 0 aliphatic carbocycles. The number of nitrogens with zero attached hydrogens (tertiary/aromatic N) is 3. The highest BCUT2D eigenvalue weighted by molar-refractivity contribution is 5.91. The number of carbonyl (C=O) groups is 1. The van der Waals surface area contributed by atoms with Gasteiger partial charge < -0.3 is 9.47 Å². The Kier molecular flexibility index (Phi) is 5.23. The molecule has 7 heteroatoms. The maximum atomic E-state index is 13.7. The van der Waals surface area contributed by atoms with E-state index in [0.717, 1.165) is 6.20 Å². The third kappa shape index (κ3) is 4.84. The highest BCUT2D eigenvalue weighted by atomic mass is 19.1. The summed E-state index contributed by atoms with van der Waals surface area (Å²) < 4.78 is 23.8. The molecule has 0 saturated heterocycles. The molecule has 2 rings (SSSR count). The molecule has 0 amide bonds. The lowest BCUT2D eigenvalue weighted by Gasteiger charge is -2.10. The minimum absolute atomic E-state index is 0.187. The van der Waals surface area contributed by atoms with Gasteiger partial charge in [-0.3, -0.25) is 0 Å². The maximum absolute atomic E-state index is 13.7. The molecule has 2 aromatic rings. The minimum Gasteiger partial charge on any atom is -0.497 e. The van der Waals surface area contributed by atoms with Crippen molar-refractivity contribution in [3.8, 4) is 11.8 Å². The summed E-state index contributed by atoms with van der Waals surface area (Å²) in [4.78, 5) is 23.6. The van der Waals surface area contributed by atoms with Crippen molar-refractivity contribution >= 4 is 18.0 Å². The predicted molar refractivity (Wildman–Crippen MR) is 87.5 cm³/mol. The smallest absolute Gasteiger partial charge is 0.346 e. The summed E-state index contributed by atoms with van der Waals surface area (Å²) in [5.74, 6) is -1.05. The second kappa shape index (κ2) is 7.16. The van der Waals surface area contributed by atoms with Crippen LogP contribution in [-0.4, -0.2) is 29.3 Å². The van der Waals surface area contributed by atoms with Gasteiger partial charge in [0.1, 0.15) is 5.75 Å². The largest absolute Gasteiger partial charge is 0.497 e. The molecule has 0 radical (unpaired) electrons. The van der Waals surface area contributed by atoms with Gasteiger partial charge in [0.05, 0.1) is 18.9 Å². The number of halogens is 1. The summed E-state index contributed by atoms with van der Waals surface area (Å²) in [6, 6.07) is 6.16. The predicted octanol–water partition coefficient (Wildman–Crippen LogP) is 3.59. The number of methoxy groups -OCH3 is 1. The monoisotopic (exact) mass is 331 g/mol. The Morgan fingerprint density at radius 2 is 2.08 bits per heavy atom. The van der Waals surface area contributed by atoms with Gasteiger partial charge in [-0.2, -0.15) is 4.98 Å². The van der Waals surface area contributed by atoms with Gasteiger partial charge in [-0.1, -0.05) is 26.8 Å². The number of ether oxygens (including phenoxy) is 2.